The summed E-state index contributed by atoms with van der Waals surface area (Å²) in [6.45, 7) is 0.569. The van der Waals surface area contributed by atoms with Crippen LogP contribution in [0, 0.1) is 0 Å². The number of hydrogen-bond donors (Lipinski definition) is 1. The lowest BCUT2D eigenvalue weighted by molar-refractivity contribution is 0.0702. The van der Waals surface area contributed by atoms with Gasteiger partial charge in [0.2, 0.25) is 0 Å². The number of rotatable bonds is 7. The molecule has 4 aromatic heterocycles. The quantitative estimate of drug-likeness (QED) is 0.209. The van der Waals surface area contributed by atoms with Gasteiger partial charge in [0.1, 0.15) is 10.6 Å². The van der Waals surface area contributed by atoms with E-state index in [-0.39, 0.29) is 0 Å². The molecule has 0 fully saturated rings. The number of hydrogen-bond acceptors (Lipinski definition) is 5. The van der Waals surface area contributed by atoms with E-state index in [1.807, 2.05) is 60.7 Å². The van der Waals surface area contributed by atoms with E-state index in [1.165, 1.54) is 11.3 Å². The van der Waals surface area contributed by atoms with Gasteiger partial charge in [-0.25, -0.2) is 9.78 Å². The molecular weight excluding hydrogens is 542 g/mol. The Morgan fingerprint density at radius 3 is 2.45 bits per heavy atom. The van der Waals surface area contributed by atoms with Crippen molar-refractivity contribution in [2.24, 2.45) is 0 Å². The van der Waals surface area contributed by atoms with Crippen LogP contribution in [-0.4, -0.2) is 32.7 Å². The van der Waals surface area contributed by atoms with Crippen LogP contribution in [0.15, 0.2) is 116 Å². The highest BCUT2D eigenvalue weighted by atomic mass is 32.1. The number of carboxylic acids is 1. The van der Waals surface area contributed by atoms with Crippen LogP contribution < -0.4 is 4.74 Å². The van der Waals surface area contributed by atoms with E-state index in [1.54, 1.807) is 25.6 Å². The van der Waals surface area contributed by atoms with E-state index in [0.717, 1.165) is 66.1 Å². The van der Waals surface area contributed by atoms with E-state index in [2.05, 4.69) is 45.9 Å². The number of para-hydroxylation sites is 1. The van der Waals surface area contributed by atoms with Crippen molar-refractivity contribution in [3.8, 4) is 39.4 Å². The molecule has 0 bridgehead atoms. The zero-order valence-electron chi connectivity index (χ0n) is 22.7. The Bertz CT molecular complexity index is 2080. The lowest BCUT2D eigenvalue weighted by Crippen LogP contribution is -2.03. The number of carbonyl (C=O) groups is 1. The minimum Gasteiger partial charge on any atom is -0.496 e. The second kappa shape index (κ2) is 10.6. The molecule has 0 spiro atoms. The summed E-state index contributed by atoms with van der Waals surface area (Å²) in [7, 11) is 1.67. The second-order valence-electron chi connectivity index (χ2n) is 9.97. The minimum absolute atomic E-state index is 0.318. The van der Waals surface area contributed by atoms with E-state index < -0.39 is 5.97 Å². The third-order valence-electron chi connectivity index (χ3n) is 7.45. The second-order valence-corrected chi connectivity index (χ2v) is 11.0. The van der Waals surface area contributed by atoms with Gasteiger partial charge in [-0.2, -0.15) is 0 Å². The molecule has 7 heteroatoms. The van der Waals surface area contributed by atoms with Crippen LogP contribution in [-0.2, 0) is 6.54 Å². The van der Waals surface area contributed by atoms with Crippen LogP contribution in [0.5, 0.6) is 5.75 Å². The first-order valence-corrected chi connectivity index (χ1v) is 14.3. The summed E-state index contributed by atoms with van der Waals surface area (Å²) in [4.78, 5) is 21.5. The number of methoxy groups -OCH3 is 1. The van der Waals surface area contributed by atoms with Gasteiger partial charge in [-0.1, -0.05) is 54.6 Å². The number of fused-ring (bicyclic) bond motifs is 2. The first-order valence-electron chi connectivity index (χ1n) is 13.5. The fourth-order valence-electron chi connectivity index (χ4n) is 5.52. The standard InChI is InChI=1S/C35H25N3O3S/c1-41-30-10-6-5-9-26(30)28-14-11-24-19-25(12-13-27(24)37-28)33-32(23-7-3-2-4-8-23)34-29(20-31(42-34)35(39)40)38(33)21-22-15-17-36-18-16-22/h2-20H,21H2,1H3,(H,39,40). The van der Waals surface area contributed by atoms with E-state index >= 15 is 0 Å². The van der Waals surface area contributed by atoms with Gasteiger partial charge in [0.15, 0.2) is 0 Å². The number of carboxylic acid groups (broad SMARTS) is 1. The maximum Gasteiger partial charge on any atom is 0.345 e. The van der Waals surface area contributed by atoms with Crippen molar-refractivity contribution in [3.05, 3.63) is 126 Å². The number of ether oxygens (including phenoxy) is 1. The Hall–Kier alpha value is -5.27. The Balaban J connectivity index is 1.46. The topological polar surface area (TPSA) is 77.2 Å². The molecule has 3 aromatic carbocycles. The molecule has 0 aliphatic rings. The summed E-state index contributed by atoms with van der Waals surface area (Å²) in [6.07, 6.45) is 3.57. The SMILES string of the molecule is COc1ccccc1-c1ccc2cc(-c3c(-c4ccccc4)c4sc(C(=O)O)cc4n3Cc3ccncc3)ccc2n1. The van der Waals surface area contributed by atoms with Gasteiger partial charge >= 0.3 is 5.97 Å². The van der Waals surface area contributed by atoms with Gasteiger partial charge in [0, 0.05) is 35.5 Å². The number of aromatic carboxylic acids is 1. The number of thiophene rings is 1. The molecule has 7 aromatic rings. The molecule has 0 aliphatic heterocycles. The van der Waals surface area contributed by atoms with Crippen molar-refractivity contribution >= 4 is 38.4 Å². The summed E-state index contributed by atoms with van der Waals surface area (Å²) in [5.74, 6) is -0.141. The molecule has 7 rings (SSSR count). The molecule has 0 saturated carbocycles. The maximum atomic E-state index is 12.0. The van der Waals surface area contributed by atoms with Crippen molar-refractivity contribution < 1.29 is 14.6 Å². The molecular formula is C35H25N3O3S. The summed E-state index contributed by atoms with van der Waals surface area (Å²) in [5, 5.41) is 10.9. The highest BCUT2D eigenvalue weighted by Crippen LogP contribution is 2.45. The maximum absolute atomic E-state index is 12.0. The van der Waals surface area contributed by atoms with Crippen LogP contribution in [0.3, 0.4) is 0 Å². The van der Waals surface area contributed by atoms with Gasteiger partial charge in [0.05, 0.1) is 34.2 Å². The first kappa shape index (κ1) is 25.7. The molecule has 0 radical (unpaired) electrons. The van der Waals surface area contributed by atoms with Crippen LogP contribution in [0.2, 0.25) is 0 Å². The molecule has 1 N–H and O–H groups in total. The summed E-state index contributed by atoms with van der Waals surface area (Å²) in [5.41, 5.74) is 8.77. The number of benzene rings is 3. The van der Waals surface area contributed by atoms with Crippen LogP contribution in [0.1, 0.15) is 15.2 Å². The molecule has 0 amide bonds. The molecule has 0 unspecified atom stereocenters. The van der Waals surface area contributed by atoms with E-state index in [0.29, 0.717) is 11.4 Å². The van der Waals surface area contributed by atoms with Crippen molar-refractivity contribution in [2.75, 3.05) is 7.11 Å². The van der Waals surface area contributed by atoms with Gasteiger partial charge in [0.25, 0.3) is 0 Å². The molecule has 4 heterocycles. The Labute approximate surface area is 246 Å². The smallest absolute Gasteiger partial charge is 0.345 e. The van der Waals surface area contributed by atoms with Gasteiger partial charge in [-0.05, 0) is 65.2 Å². The third-order valence-corrected chi connectivity index (χ3v) is 8.58. The highest BCUT2D eigenvalue weighted by Gasteiger charge is 2.24. The van der Waals surface area contributed by atoms with Crippen molar-refractivity contribution in [1.82, 2.24) is 14.5 Å². The van der Waals surface area contributed by atoms with Crippen LogP contribution in [0.4, 0.5) is 0 Å². The van der Waals surface area contributed by atoms with Crippen molar-refractivity contribution in [3.63, 3.8) is 0 Å². The normalized spacial score (nSPS) is 11.3. The number of pyridine rings is 2. The van der Waals surface area contributed by atoms with E-state index in [9.17, 15) is 9.90 Å². The van der Waals surface area contributed by atoms with Gasteiger partial charge in [-0.3, -0.25) is 4.98 Å². The summed E-state index contributed by atoms with van der Waals surface area (Å²) < 4.78 is 8.75. The summed E-state index contributed by atoms with van der Waals surface area (Å²) in [6, 6.07) is 34.3. The predicted molar refractivity (Wildman–Crippen MR) is 168 cm³/mol. The monoisotopic (exact) mass is 567 g/mol. The molecule has 6 nitrogen and oxygen atoms in total. The van der Waals surface area contributed by atoms with Crippen LogP contribution in [0.25, 0.3) is 54.8 Å². The van der Waals surface area contributed by atoms with Gasteiger partial charge in [-0.15, -0.1) is 11.3 Å². The zero-order chi connectivity index (χ0) is 28.6. The van der Waals surface area contributed by atoms with Crippen molar-refractivity contribution in [1.29, 1.82) is 0 Å². The van der Waals surface area contributed by atoms with Crippen LogP contribution >= 0.6 is 11.3 Å². The number of nitrogens with zero attached hydrogens (tertiary/aromatic N) is 3. The fourth-order valence-corrected chi connectivity index (χ4v) is 6.58. The number of aromatic nitrogens is 3. The zero-order valence-corrected chi connectivity index (χ0v) is 23.5. The molecule has 0 aliphatic carbocycles. The average Bonchev–Trinajstić information content (AvgIpc) is 3.60. The Morgan fingerprint density at radius 2 is 1.67 bits per heavy atom. The first-order chi connectivity index (χ1) is 20.6. The van der Waals surface area contributed by atoms with Gasteiger partial charge < -0.3 is 14.4 Å². The summed E-state index contributed by atoms with van der Waals surface area (Å²) >= 11 is 1.32. The molecule has 0 atom stereocenters. The lowest BCUT2D eigenvalue weighted by Gasteiger charge is -2.15. The average molecular weight is 568 g/mol. The molecule has 204 valence electrons. The molecule has 0 saturated heterocycles. The Kier molecular flexibility index (Phi) is 6.49. The third kappa shape index (κ3) is 4.50. The minimum atomic E-state index is -0.921. The largest absolute Gasteiger partial charge is 0.496 e. The Morgan fingerprint density at radius 1 is 0.881 bits per heavy atom. The fraction of sp³-hybridized carbons (Fsp3) is 0.0571. The van der Waals surface area contributed by atoms with E-state index in [4.69, 9.17) is 9.72 Å². The predicted octanol–water partition coefficient (Wildman–Crippen LogP) is 8.40. The lowest BCUT2D eigenvalue weighted by atomic mass is 9.99. The molecule has 42 heavy (non-hydrogen) atoms. The van der Waals surface area contributed by atoms with Crippen molar-refractivity contribution in [2.45, 2.75) is 6.54 Å². The highest BCUT2D eigenvalue weighted by molar-refractivity contribution is 7.21.